The number of carbonyl (C=O) groups is 2. The van der Waals surface area contributed by atoms with Crippen LogP contribution in [0.25, 0.3) is 11.4 Å². The van der Waals surface area contributed by atoms with E-state index in [1.807, 2.05) is 31.2 Å². The highest BCUT2D eigenvalue weighted by Crippen LogP contribution is 2.13. The van der Waals surface area contributed by atoms with Crippen molar-refractivity contribution in [3.8, 4) is 23.7 Å². The molecular weight excluding hydrogens is 298 g/mol. The lowest BCUT2D eigenvalue weighted by Crippen LogP contribution is -2.30. The molecule has 1 aromatic heterocycles. The number of nitrogens with zero attached hydrogens (tertiary/aromatic N) is 4. The Labute approximate surface area is 132 Å². The lowest BCUT2D eigenvalue weighted by Gasteiger charge is -2.03. The van der Waals surface area contributed by atoms with Crippen LogP contribution in [-0.4, -0.2) is 45.2 Å². The molecule has 1 amide bonds. The Balaban J connectivity index is 1.86. The number of benzene rings is 1. The molecule has 0 radical (unpaired) electrons. The van der Waals surface area contributed by atoms with E-state index in [0.717, 1.165) is 15.9 Å². The molecular formula is C15H15N5O3. The Morgan fingerprint density at radius 1 is 1.35 bits per heavy atom. The molecule has 8 heteroatoms. The molecule has 0 unspecified atom stereocenters. The van der Waals surface area contributed by atoms with Crippen molar-refractivity contribution in [2.45, 2.75) is 13.5 Å². The van der Waals surface area contributed by atoms with Gasteiger partial charge in [-0.3, -0.25) is 4.79 Å². The summed E-state index contributed by atoms with van der Waals surface area (Å²) in [5.41, 5.74) is 1.91. The Hall–Kier alpha value is -3.21. The van der Waals surface area contributed by atoms with E-state index in [1.54, 1.807) is 0 Å². The van der Waals surface area contributed by atoms with Crippen molar-refractivity contribution in [1.29, 1.82) is 0 Å². The van der Waals surface area contributed by atoms with Crippen LogP contribution in [-0.2, 0) is 20.9 Å². The number of ether oxygens (including phenoxy) is 1. The van der Waals surface area contributed by atoms with Crippen LogP contribution >= 0.6 is 0 Å². The second kappa shape index (κ2) is 7.70. The molecule has 1 heterocycles. The summed E-state index contributed by atoms with van der Waals surface area (Å²) in [5, 5.41) is 14.1. The summed E-state index contributed by atoms with van der Waals surface area (Å²) in [7, 11) is 0. The van der Waals surface area contributed by atoms with E-state index < -0.39 is 18.5 Å². The van der Waals surface area contributed by atoms with Crippen LogP contribution < -0.4 is 5.32 Å². The molecule has 0 aliphatic carbocycles. The number of nitrogens with one attached hydrogen (secondary N) is 1. The molecule has 0 saturated heterocycles. The summed E-state index contributed by atoms with van der Waals surface area (Å²) in [6, 6.07) is 7.59. The van der Waals surface area contributed by atoms with Gasteiger partial charge < -0.3 is 10.1 Å². The highest BCUT2D eigenvalue weighted by Gasteiger charge is 2.11. The van der Waals surface area contributed by atoms with E-state index >= 15 is 0 Å². The standard InChI is InChI=1S/C15H15N5O3/c1-3-8-16-13(21)10-23-14(22)9-20-18-15(17-19-20)12-6-4-11(2)5-7-12/h1,4-7H,8-10H2,2H3,(H,16,21). The maximum absolute atomic E-state index is 11.6. The van der Waals surface area contributed by atoms with E-state index in [4.69, 9.17) is 11.2 Å². The van der Waals surface area contributed by atoms with Crippen molar-refractivity contribution in [1.82, 2.24) is 25.5 Å². The minimum absolute atomic E-state index is 0.0843. The molecule has 0 bridgehead atoms. The lowest BCUT2D eigenvalue weighted by atomic mass is 10.1. The summed E-state index contributed by atoms with van der Waals surface area (Å²) >= 11 is 0. The van der Waals surface area contributed by atoms with E-state index in [0.29, 0.717) is 5.82 Å². The normalized spacial score (nSPS) is 9.91. The van der Waals surface area contributed by atoms with Crippen LogP contribution in [0, 0.1) is 19.3 Å². The number of amides is 1. The van der Waals surface area contributed by atoms with Crippen molar-refractivity contribution >= 4 is 11.9 Å². The highest BCUT2D eigenvalue weighted by atomic mass is 16.5. The second-order valence-corrected chi connectivity index (χ2v) is 4.65. The van der Waals surface area contributed by atoms with Gasteiger partial charge in [0.1, 0.15) is 0 Å². The first-order chi connectivity index (χ1) is 11.1. The smallest absolute Gasteiger partial charge is 0.330 e. The fourth-order valence-corrected chi connectivity index (χ4v) is 1.64. The molecule has 23 heavy (non-hydrogen) atoms. The minimum Gasteiger partial charge on any atom is -0.454 e. The summed E-state index contributed by atoms with van der Waals surface area (Å²) in [6.07, 6.45) is 4.99. The second-order valence-electron chi connectivity index (χ2n) is 4.65. The molecule has 0 aliphatic heterocycles. The van der Waals surface area contributed by atoms with Gasteiger partial charge >= 0.3 is 5.97 Å². The number of esters is 1. The third-order valence-corrected chi connectivity index (χ3v) is 2.78. The molecule has 0 saturated carbocycles. The molecule has 0 fully saturated rings. The Morgan fingerprint density at radius 3 is 2.78 bits per heavy atom. The topological polar surface area (TPSA) is 99.0 Å². The first-order valence-electron chi connectivity index (χ1n) is 6.79. The van der Waals surface area contributed by atoms with E-state index in [-0.39, 0.29) is 13.1 Å². The molecule has 2 rings (SSSR count). The van der Waals surface area contributed by atoms with Gasteiger partial charge in [0.2, 0.25) is 5.82 Å². The van der Waals surface area contributed by atoms with E-state index in [2.05, 4.69) is 26.6 Å². The predicted octanol–water partition coefficient (Wildman–Crippen LogP) is -0.0589. The first kappa shape index (κ1) is 16.2. The molecule has 8 nitrogen and oxygen atoms in total. The number of carbonyl (C=O) groups excluding carboxylic acids is 2. The maximum Gasteiger partial charge on any atom is 0.330 e. The Morgan fingerprint density at radius 2 is 2.09 bits per heavy atom. The SMILES string of the molecule is C#CCNC(=O)COC(=O)Cn1nnc(-c2ccc(C)cc2)n1. The van der Waals surface area contributed by atoms with E-state index in [1.165, 1.54) is 0 Å². The Kier molecular flexibility index (Phi) is 5.41. The predicted molar refractivity (Wildman–Crippen MR) is 80.8 cm³/mol. The van der Waals surface area contributed by atoms with Gasteiger partial charge in [0.15, 0.2) is 13.2 Å². The lowest BCUT2D eigenvalue weighted by molar-refractivity contribution is -0.149. The summed E-state index contributed by atoms with van der Waals surface area (Å²) in [5.74, 6) is 1.54. The van der Waals surface area contributed by atoms with Gasteiger partial charge in [0, 0.05) is 5.56 Å². The van der Waals surface area contributed by atoms with Crippen LogP contribution in [0.3, 0.4) is 0 Å². The third-order valence-electron chi connectivity index (χ3n) is 2.78. The van der Waals surface area contributed by atoms with Gasteiger partial charge in [-0.15, -0.1) is 16.6 Å². The molecule has 0 atom stereocenters. The van der Waals surface area contributed by atoms with Crippen LogP contribution in [0.5, 0.6) is 0 Å². The van der Waals surface area contributed by atoms with Gasteiger partial charge in [0.05, 0.1) is 6.54 Å². The zero-order valence-corrected chi connectivity index (χ0v) is 12.5. The number of aromatic nitrogens is 4. The third kappa shape index (κ3) is 4.93. The zero-order valence-electron chi connectivity index (χ0n) is 12.5. The summed E-state index contributed by atoms with van der Waals surface area (Å²) < 4.78 is 4.79. The zero-order chi connectivity index (χ0) is 16.7. The number of terminal acetylenes is 1. The van der Waals surface area contributed by atoms with Gasteiger partial charge in [-0.25, -0.2) is 4.79 Å². The van der Waals surface area contributed by atoms with Crippen molar-refractivity contribution < 1.29 is 14.3 Å². The molecule has 0 spiro atoms. The number of hydrogen-bond donors (Lipinski definition) is 1. The molecule has 2 aromatic rings. The summed E-state index contributed by atoms with van der Waals surface area (Å²) in [6.45, 7) is 1.42. The summed E-state index contributed by atoms with van der Waals surface area (Å²) in [4.78, 5) is 24.0. The average Bonchev–Trinajstić information content (AvgIpc) is 3.00. The number of tetrazole rings is 1. The monoisotopic (exact) mass is 313 g/mol. The van der Waals surface area contributed by atoms with Gasteiger partial charge in [-0.1, -0.05) is 35.7 Å². The fraction of sp³-hybridized carbons (Fsp3) is 0.267. The number of aryl methyl sites for hydroxylation is 1. The molecule has 118 valence electrons. The van der Waals surface area contributed by atoms with Gasteiger partial charge in [0.25, 0.3) is 5.91 Å². The first-order valence-corrected chi connectivity index (χ1v) is 6.79. The van der Waals surface area contributed by atoms with Gasteiger partial charge in [-0.05, 0) is 12.1 Å². The number of rotatable bonds is 6. The quantitative estimate of drug-likeness (QED) is 0.592. The molecule has 0 aliphatic rings. The largest absolute Gasteiger partial charge is 0.454 e. The average molecular weight is 313 g/mol. The molecule has 1 aromatic carbocycles. The fourth-order valence-electron chi connectivity index (χ4n) is 1.64. The molecule has 1 N–H and O–H groups in total. The van der Waals surface area contributed by atoms with Crippen LogP contribution in [0.4, 0.5) is 0 Å². The Bertz CT molecular complexity index is 730. The van der Waals surface area contributed by atoms with Crippen molar-refractivity contribution in [2.24, 2.45) is 0 Å². The van der Waals surface area contributed by atoms with Crippen LogP contribution in [0.2, 0.25) is 0 Å². The van der Waals surface area contributed by atoms with Gasteiger partial charge in [-0.2, -0.15) is 4.80 Å². The van der Waals surface area contributed by atoms with Crippen molar-refractivity contribution in [3.63, 3.8) is 0 Å². The van der Waals surface area contributed by atoms with E-state index in [9.17, 15) is 9.59 Å². The number of hydrogen-bond acceptors (Lipinski definition) is 6. The highest BCUT2D eigenvalue weighted by molar-refractivity contribution is 5.80. The minimum atomic E-state index is -0.645. The van der Waals surface area contributed by atoms with Crippen molar-refractivity contribution in [3.05, 3.63) is 29.8 Å². The van der Waals surface area contributed by atoms with Crippen LogP contribution in [0.15, 0.2) is 24.3 Å². The maximum atomic E-state index is 11.6. The van der Waals surface area contributed by atoms with Crippen LogP contribution in [0.1, 0.15) is 5.56 Å². The van der Waals surface area contributed by atoms with Crippen molar-refractivity contribution in [2.75, 3.05) is 13.2 Å².